The van der Waals surface area contributed by atoms with Gasteiger partial charge in [-0.25, -0.2) is 0 Å². The molecular weight excluding hydrogens is 424 g/mol. The Balaban J connectivity index is 0. The molecule has 0 amide bonds. The summed E-state index contributed by atoms with van der Waals surface area (Å²) >= 11 is 6.44. The van der Waals surface area contributed by atoms with Crippen molar-refractivity contribution in [1.82, 2.24) is 4.98 Å². The van der Waals surface area contributed by atoms with Gasteiger partial charge in [0.15, 0.2) is 0 Å². The number of rotatable bonds is 0. The minimum Gasteiger partial charge on any atom is -0.484 e. The molecule has 1 heterocycles. The van der Waals surface area contributed by atoms with Gasteiger partial charge >= 0.3 is 40.6 Å². The van der Waals surface area contributed by atoms with Crippen molar-refractivity contribution in [3.05, 3.63) is 32.0 Å². The van der Waals surface area contributed by atoms with Gasteiger partial charge in [0.25, 0.3) is 0 Å². The predicted octanol–water partition coefficient (Wildman–Crippen LogP) is 2.95. The van der Waals surface area contributed by atoms with E-state index in [4.69, 9.17) is 0 Å². The second-order valence-corrected chi connectivity index (χ2v) is 12.0. The van der Waals surface area contributed by atoms with Gasteiger partial charge in [-0.15, -0.1) is 6.20 Å². The van der Waals surface area contributed by atoms with Crippen LogP contribution < -0.4 is 0 Å². The van der Waals surface area contributed by atoms with E-state index >= 15 is 0 Å². The summed E-state index contributed by atoms with van der Waals surface area (Å²) in [7, 11) is 0. The second kappa shape index (κ2) is 11.6. The van der Waals surface area contributed by atoms with Crippen LogP contribution in [0.2, 0.25) is 0 Å². The third-order valence-electron chi connectivity index (χ3n) is 0.442. The Morgan fingerprint density at radius 3 is 2.11 bits per heavy atom. The summed E-state index contributed by atoms with van der Waals surface area (Å²) in [6, 6.07) is 3.71. The zero-order chi connectivity index (χ0) is 6.24. The molecule has 0 aromatic carbocycles. The number of aromatic nitrogens is 1. The first-order valence-corrected chi connectivity index (χ1v) is 12.9. The van der Waals surface area contributed by atoms with Crippen LogP contribution in [-0.2, 0) is 13.5 Å². The monoisotopic (exact) mass is 431 g/mol. The van der Waals surface area contributed by atoms with Crippen LogP contribution in [0.4, 0.5) is 0 Å². The minimum absolute atomic E-state index is 0. The standard InChI is InChI=1S/C4H4N.CH3.2BrH.Os/c1-2-4-5-3-1;;;;/h1-3,5H;1H3;2*1H;/q2*-1;;;+2/p-2. The zero-order valence-electron chi connectivity index (χ0n) is 4.84. The zero-order valence-corrected chi connectivity index (χ0v) is 10.6. The van der Waals surface area contributed by atoms with Gasteiger partial charge < -0.3 is 12.4 Å². The third kappa shape index (κ3) is 12.2. The molecule has 56 valence electrons. The molecule has 9 heavy (non-hydrogen) atoms. The molecule has 0 radical (unpaired) electrons. The summed E-state index contributed by atoms with van der Waals surface area (Å²) in [6.07, 6.45) is 4.56. The first-order valence-electron chi connectivity index (χ1n) is 1.76. The summed E-state index contributed by atoms with van der Waals surface area (Å²) in [5, 5.41) is 0. The molecule has 0 aliphatic rings. The smallest absolute Gasteiger partial charge is 0.108 e. The van der Waals surface area contributed by atoms with E-state index < -0.39 is 0 Å². The van der Waals surface area contributed by atoms with Crippen molar-refractivity contribution >= 4 is 27.1 Å². The maximum absolute atomic E-state index is 3.20. The molecule has 0 aliphatic carbocycles. The van der Waals surface area contributed by atoms with Crippen molar-refractivity contribution in [3.63, 3.8) is 0 Å². The van der Waals surface area contributed by atoms with E-state index in [1.165, 1.54) is 0 Å². The molecule has 1 aromatic rings. The molecule has 0 bridgehead atoms. The average Bonchev–Trinajstić information content (AvgIpc) is 2.17. The van der Waals surface area contributed by atoms with Crippen LogP contribution in [0, 0.1) is 13.6 Å². The Morgan fingerprint density at radius 1 is 1.44 bits per heavy atom. The predicted molar refractivity (Wildman–Crippen MR) is 43.9 cm³/mol. The van der Waals surface area contributed by atoms with Gasteiger partial charge in [0.2, 0.25) is 0 Å². The molecule has 0 spiro atoms. The Morgan fingerprint density at radius 2 is 2.00 bits per heavy atom. The van der Waals surface area contributed by atoms with Gasteiger partial charge in [-0.05, 0) is 0 Å². The van der Waals surface area contributed by atoms with E-state index in [-0.39, 0.29) is 20.9 Å². The molecule has 1 N–H and O–H groups in total. The summed E-state index contributed by atoms with van der Waals surface area (Å²) in [4.78, 5) is 2.74. The summed E-state index contributed by atoms with van der Waals surface area (Å²) in [5.74, 6) is 0. The molecule has 0 fully saturated rings. The SMILES string of the molecule is [Br][Os][Br].[CH3-].[c-]1ccc[nH]1. The van der Waals surface area contributed by atoms with E-state index in [0.717, 1.165) is 0 Å². The van der Waals surface area contributed by atoms with E-state index in [9.17, 15) is 0 Å². The quantitative estimate of drug-likeness (QED) is 0.609. The topological polar surface area (TPSA) is 15.8 Å². The van der Waals surface area contributed by atoms with Crippen LogP contribution in [-0.4, -0.2) is 4.98 Å². The van der Waals surface area contributed by atoms with E-state index in [0.29, 0.717) is 0 Å². The Hall–Kier alpha value is 0.876. The molecule has 1 nitrogen and oxygen atoms in total. The van der Waals surface area contributed by atoms with Crippen molar-refractivity contribution < 1.29 is 13.5 Å². The summed E-state index contributed by atoms with van der Waals surface area (Å²) < 4.78 is 0. The summed E-state index contributed by atoms with van der Waals surface area (Å²) in [6.45, 7) is 0. The van der Waals surface area contributed by atoms with E-state index in [2.05, 4.69) is 38.3 Å². The molecular formula is C5H7Br2NOs-2. The second-order valence-electron chi connectivity index (χ2n) is 0.865. The molecule has 0 saturated carbocycles. The van der Waals surface area contributed by atoms with Gasteiger partial charge in [0.05, 0.1) is 0 Å². The van der Waals surface area contributed by atoms with Crippen LogP contribution >= 0.6 is 27.1 Å². The van der Waals surface area contributed by atoms with Crippen LogP contribution in [0.3, 0.4) is 0 Å². The number of aromatic amines is 1. The van der Waals surface area contributed by atoms with Crippen molar-refractivity contribution in [2.45, 2.75) is 0 Å². The van der Waals surface area contributed by atoms with E-state index in [1.807, 2.05) is 18.3 Å². The number of hydrogen-bond acceptors (Lipinski definition) is 0. The number of H-pyrrole nitrogens is 1. The Kier molecular flexibility index (Phi) is 16.2. The molecule has 0 atom stereocenters. The van der Waals surface area contributed by atoms with Crippen molar-refractivity contribution in [2.75, 3.05) is 0 Å². The summed E-state index contributed by atoms with van der Waals surface area (Å²) in [5.41, 5.74) is 0. The number of halogens is 2. The maximum Gasteiger partial charge on any atom is -0.108 e. The van der Waals surface area contributed by atoms with Crippen LogP contribution in [0.5, 0.6) is 0 Å². The fourth-order valence-electron chi connectivity index (χ4n) is 0.241. The fourth-order valence-corrected chi connectivity index (χ4v) is 0.241. The van der Waals surface area contributed by atoms with Crippen molar-refractivity contribution in [2.24, 2.45) is 0 Å². The van der Waals surface area contributed by atoms with Crippen LogP contribution in [0.15, 0.2) is 18.3 Å². The van der Waals surface area contributed by atoms with Gasteiger partial charge in [0, 0.05) is 0 Å². The first-order chi connectivity index (χ1) is 3.91. The average molecular weight is 431 g/mol. The van der Waals surface area contributed by atoms with Gasteiger partial charge in [-0.1, -0.05) is 0 Å². The third-order valence-corrected chi connectivity index (χ3v) is 0.442. The van der Waals surface area contributed by atoms with E-state index in [1.54, 1.807) is 0 Å². The minimum atomic E-state index is 0. The van der Waals surface area contributed by atoms with Crippen LogP contribution in [0.25, 0.3) is 0 Å². The van der Waals surface area contributed by atoms with Crippen LogP contribution in [0.1, 0.15) is 0 Å². The van der Waals surface area contributed by atoms with Gasteiger partial charge in [-0.2, -0.15) is 18.3 Å². The Bertz CT molecular complexity index is 81.9. The van der Waals surface area contributed by atoms with Crippen molar-refractivity contribution in [1.29, 1.82) is 0 Å². The molecule has 1 rings (SSSR count). The molecule has 0 aliphatic heterocycles. The van der Waals surface area contributed by atoms with Gasteiger partial charge in [-0.3, -0.25) is 0 Å². The van der Waals surface area contributed by atoms with Crippen molar-refractivity contribution in [3.8, 4) is 0 Å². The molecule has 1 aromatic heterocycles. The molecule has 0 unspecified atom stereocenters. The normalized spacial score (nSPS) is 6.89. The first kappa shape index (κ1) is 12.5. The molecule has 0 saturated heterocycles. The Labute approximate surface area is 77.0 Å². The largest absolute Gasteiger partial charge is 0.484 e. The molecule has 4 heteroatoms. The number of nitrogens with one attached hydrogen (secondary N) is 1. The number of hydrogen-bond donors (Lipinski definition) is 1. The fraction of sp³-hybridized carbons (Fsp3) is 0. The maximum atomic E-state index is 3.20. The van der Waals surface area contributed by atoms with Gasteiger partial charge in [0.1, 0.15) is 0 Å².